The summed E-state index contributed by atoms with van der Waals surface area (Å²) in [6.45, 7) is 2.66. The summed E-state index contributed by atoms with van der Waals surface area (Å²) in [5.41, 5.74) is 1.66. The number of nitrogens with one attached hydrogen (secondary N) is 1. The molecule has 3 aromatic rings. The molecule has 0 saturated carbocycles. The van der Waals surface area contributed by atoms with E-state index >= 15 is 0 Å². The minimum Gasteiger partial charge on any atom is -0.352 e. The van der Waals surface area contributed by atoms with Crippen LogP contribution in [0.1, 0.15) is 22.8 Å². The summed E-state index contributed by atoms with van der Waals surface area (Å²) in [4.78, 5) is 13.7. The Morgan fingerprint density at radius 2 is 1.79 bits per heavy atom. The van der Waals surface area contributed by atoms with Crippen LogP contribution in [0.4, 0.5) is 0 Å². The molecule has 0 bridgehead atoms. The zero-order valence-corrected chi connectivity index (χ0v) is 17.6. The topological polar surface area (TPSA) is 54.9 Å². The third kappa shape index (κ3) is 5.96. The summed E-state index contributed by atoms with van der Waals surface area (Å²) in [5, 5.41) is 12.3. The highest BCUT2D eigenvalue weighted by Crippen LogP contribution is 2.30. The standard InChI is InChI=1S/C21H19Cl2N3OS/c1-14(11-15-5-3-2-4-6-15)13-24-20(27)18-12-19(23)25-26-21(18)28-17-9-7-16(22)8-10-17/h2-10,12,14H,11,13H2,1H3,(H,24,27). The fourth-order valence-corrected chi connectivity index (χ4v) is 3.77. The van der Waals surface area contributed by atoms with Crippen LogP contribution in [0.3, 0.4) is 0 Å². The Labute approximate surface area is 178 Å². The summed E-state index contributed by atoms with van der Waals surface area (Å²) in [6, 6.07) is 19.1. The molecule has 144 valence electrons. The Bertz CT molecular complexity index is 936. The molecule has 0 aliphatic carbocycles. The number of hydrogen-bond donors (Lipinski definition) is 1. The van der Waals surface area contributed by atoms with Crippen molar-refractivity contribution >= 4 is 40.9 Å². The van der Waals surface area contributed by atoms with E-state index in [1.165, 1.54) is 17.3 Å². The van der Waals surface area contributed by atoms with E-state index in [1.54, 1.807) is 18.2 Å². The monoisotopic (exact) mass is 431 g/mol. The average molecular weight is 432 g/mol. The molecule has 0 radical (unpaired) electrons. The van der Waals surface area contributed by atoms with E-state index in [4.69, 9.17) is 23.2 Å². The molecule has 1 aromatic heterocycles. The SMILES string of the molecule is CC(CNC(=O)c1cc(Cl)nnc1Sc1ccc(Cl)cc1)Cc1ccccc1. The second-order valence-electron chi connectivity index (χ2n) is 6.45. The molecule has 1 amide bonds. The Kier molecular flexibility index (Phi) is 7.31. The normalized spacial score (nSPS) is 11.8. The molecular weight excluding hydrogens is 413 g/mol. The Morgan fingerprint density at radius 1 is 1.07 bits per heavy atom. The van der Waals surface area contributed by atoms with Crippen LogP contribution in [0, 0.1) is 5.92 Å². The molecule has 1 N–H and O–H groups in total. The number of hydrogen-bond acceptors (Lipinski definition) is 4. The third-order valence-corrected chi connectivity index (χ3v) is 5.48. The molecular formula is C21H19Cl2N3OS. The quantitative estimate of drug-likeness (QED) is 0.533. The van der Waals surface area contributed by atoms with Gasteiger partial charge in [-0.3, -0.25) is 4.79 Å². The minimum absolute atomic E-state index is 0.183. The molecule has 0 aliphatic rings. The second-order valence-corrected chi connectivity index (χ2v) is 8.33. The van der Waals surface area contributed by atoms with Crippen LogP contribution in [0.2, 0.25) is 10.2 Å². The van der Waals surface area contributed by atoms with Gasteiger partial charge < -0.3 is 5.32 Å². The van der Waals surface area contributed by atoms with Crippen molar-refractivity contribution in [2.24, 2.45) is 5.92 Å². The Morgan fingerprint density at radius 3 is 2.50 bits per heavy atom. The predicted octanol–water partition coefficient (Wildman–Crippen LogP) is 5.54. The van der Waals surface area contributed by atoms with Crippen molar-refractivity contribution < 1.29 is 4.79 Å². The molecule has 0 fully saturated rings. The molecule has 0 aliphatic heterocycles. The van der Waals surface area contributed by atoms with Crippen LogP contribution in [0.15, 0.2) is 70.6 Å². The van der Waals surface area contributed by atoms with E-state index in [9.17, 15) is 4.79 Å². The molecule has 3 rings (SSSR count). The first-order valence-corrected chi connectivity index (χ1v) is 10.4. The lowest BCUT2D eigenvalue weighted by Gasteiger charge is -2.14. The van der Waals surface area contributed by atoms with E-state index in [-0.39, 0.29) is 11.1 Å². The van der Waals surface area contributed by atoms with Crippen LogP contribution < -0.4 is 5.32 Å². The maximum atomic E-state index is 12.7. The molecule has 1 unspecified atom stereocenters. The second kappa shape index (κ2) is 9.92. The summed E-state index contributed by atoms with van der Waals surface area (Å²) >= 11 is 13.2. The van der Waals surface area contributed by atoms with Gasteiger partial charge in [-0.05, 0) is 48.2 Å². The molecule has 1 atom stereocenters. The highest BCUT2D eigenvalue weighted by atomic mass is 35.5. The van der Waals surface area contributed by atoms with Crippen molar-refractivity contribution in [3.05, 3.63) is 82.0 Å². The highest BCUT2D eigenvalue weighted by molar-refractivity contribution is 7.99. The van der Waals surface area contributed by atoms with Gasteiger partial charge in [0.05, 0.1) is 5.56 Å². The summed E-state index contributed by atoms with van der Waals surface area (Å²) < 4.78 is 0. The molecule has 28 heavy (non-hydrogen) atoms. The summed E-state index contributed by atoms with van der Waals surface area (Å²) in [7, 11) is 0. The number of benzene rings is 2. The first-order chi connectivity index (χ1) is 13.5. The average Bonchev–Trinajstić information content (AvgIpc) is 2.70. The van der Waals surface area contributed by atoms with Gasteiger partial charge in [0.2, 0.25) is 0 Å². The fraction of sp³-hybridized carbons (Fsp3) is 0.190. The van der Waals surface area contributed by atoms with Gasteiger partial charge in [-0.2, -0.15) is 0 Å². The van der Waals surface area contributed by atoms with Gasteiger partial charge >= 0.3 is 0 Å². The number of halogens is 2. The third-order valence-electron chi connectivity index (χ3n) is 4.04. The minimum atomic E-state index is -0.215. The first-order valence-electron chi connectivity index (χ1n) is 8.80. The Balaban J connectivity index is 1.66. The fourth-order valence-electron chi connectivity index (χ4n) is 2.66. The smallest absolute Gasteiger partial charge is 0.254 e. The maximum absolute atomic E-state index is 12.7. The summed E-state index contributed by atoms with van der Waals surface area (Å²) in [5.74, 6) is 0.0807. The van der Waals surface area contributed by atoms with E-state index in [1.807, 2.05) is 30.3 Å². The number of carbonyl (C=O) groups is 1. The first kappa shape index (κ1) is 20.6. The van der Waals surface area contributed by atoms with E-state index < -0.39 is 0 Å². The van der Waals surface area contributed by atoms with Crippen LogP contribution in [-0.2, 0) is 6.42 Å². The van der Waals surface area contributed by atoms with Gasteiger partial charge in [-0.1, -0.05) is 72.2 Å². The lowest BCUT2D eigenvalue weighted by molar-refractivity contribution is 0.0944. The zero-order chi connectivity index (χ0) is 19.9. The van der Waals surface area contributed by atoms with E-state index in [0.29, 0.717) is 28.1 Å². The molecule has 2 aromatic carbocycles. The summed E-state index contributed by atoms with van der Waals surface area (Å²) in [6.07, 6.45) is 0.892. The van der Waals surface area contributed by atoms with E-state index in [0.717, 1.165) is 11.3 Å². The van der Waals surface area contributed by atoms with E-state index in [2.05, 4.69) is 34.6 Å². The predicted molar refractivity (Wildman–Crippen MR) is 114 cm³/mol. The Hall–Kier alpha value is -2.08. The molecule has 0 spiro atoms. The lowest BCUT2D eigenvalue weighted by atomic mass is 10.0. The van der Waals surface area contributed by atoms with Crippen molar-refractivity contribution in [1.29, 1.82) is 0 Å². The number of nitrogens with zero attached hydrogens (tertiary/aromatic N) is 2. The van der Waals surface area contributed by atoms with Crippen LogP contribution in [-0.4, -0.2) is 22.6 Å². The number of rotatable bonds is 7. The van der Waals surface area contributed by atoms with Crippen molar-refractivity contribution in [1.82, 2.24) is 15.5 Å². The number of aromatic nitrogens is 2. The number of carbonyl (C=O) groups excluding carboxylic acids is 1. The molecule has 7 heteroatoms. The largest absolute Gasteiger partial charge is 0.352 e. The van der Waals surface area contributed by atoms with Crippen molar-refractivity contribution in [2.45, 2.75) is 23.3 Å². The molecule has 4 nitrogen and oxygen atoms in total. The van der Waals surface area contributed by atoms with Crippen LogP contribution in [0.25, 0.3) is 0 Å². The highest BCUT2D eigenvalue weighted by Gasteiger charge is 2.17. The molecule has 0 saturated heterocycles. The van der Waals surface area contributed by atoms with Crippen LogP contribution >= 0.6 is 35.0 Å². The van der Waals surface area contributed by atoms with Gasteiger partial charge in [-0.15, -0.1) is 10.2 Å². The van der Waals surface area contributed by atoms with Gasteiger partial charge in [0, 0.05) is 16.5 Å². The van der Waals surface area contributed by atoms with Gasteiger partial charge in [0.1, 0.15) is 5.03 Å². The van der Waals surface area contributed by atoms with Crippen LogP contribution in [0.5, 0.6) is 0 Å². The molecule has 1 heterocycles. The van der Waals surface area contributed by atoms with Gasteiger partial charge in [0.15, 0.2) is 5.15 Å². The van der Waals surface area contributed by atoms with Crippen molar-refractivity contribution in [3.8, 4) is 0 Å². The van der Waals surface area contributed by atoms with Crippen molar-refractivity contribution in [2.75, 3.05) is 6.54 Å². The number of amides is 1. The van der Waals surface area contributed by atoms with Crippen molar-refractivity contribution in [3.63, 3.8) is 0 Å². The maximum Gasteiger partial charge on any atom is 0.254 e. The van der Waals surface area contributed by atoms with Gasteiger partial charge in [-0.25, -0.2) is 0 Å². The lowest BCUT2D eigenvalue weighted by Crippen LogP contribution is -2.29. The zero-order valence-electron chi connectivity index (χ0n) is 15.2. The van der Waals surface area contributed by atoms with Gasteiger partial charge in [0.25, 0.3) is 5.91 Å².